The molecule has 2 heterocycles. The van der Waals surface area contributed by atoms with Crippen LogP contribution in [0.3, 0.4) is 0 Å². The molecule has 0 spiro atoms. The molecule has 2 aromatic heterocycles. The molecular formula is C24H33N3O2. The summed E-state index contributed by atoms with van der Waals surface area (Å²) in [5.41, 5.74) is 3.04. The van der Waals surface area contributed by atoms with Gasteiger partial charge in [-0.1, -0.05) is 13.0 Å². The number of hydrogen-bond donors (Lipinski definition) is 1. The molecule has 0 bridgehead atoms. The number of aryl methyl sites for hydroxylation is 2. The fourth-order valence-electron chi connectivity index (χ4n) is 4.61. The van der Waals surface area contributed by atoms with Crippen molar-refractivity contribution in [2.45, 2.75) is 83.2 Å². The topological polar surface area (TPSA) is 68.1 Å². The molecule has 2 saturated carbocycles. The Morgan fingerprint density at radius 2 is 1.93 bits per heavy atom. The average Bonchev–Trinajstić information content (AvgIpc) is 3.49. The van der Waals surface area contributed by atoms with Crippen LogP contribution in [0.2, 0.25) is 0 Å². The number of hydrogen-bond acceptors (Lipinski definition) is 5. The second-order valence-electron chi connectivity index (χ2n) is 9.03. The van der Waals surface area contributed by atoms with E-state index in [0.29, 0.717) is 24.4 Å². The number of rotatable bonds is 7. The summed E-state index contributed by atoms with van der Waals surface area (Å²) in [7, 11) is 0. The molecule has 2 aliphatic carbocycles. The molecule has 1 N–H and O–H groups in total. The highest BCUT2D eigenvalue weighted by Gasteiger charge is 2.39. The lowest BCUT2D eigenvalue weighted by Crippen LogP contribution is -2.32. The molecule has 0 aliphatic heterocycles. The van der Waals surface area contributed by atoms with E-state index >= 15 is 0 Å². The van der Waals surface area contributed by atoms with Gasteiger partial charge in [-0.05, 0) is 82.3 Å². The van der Waals surface area contributed by atoms with Crippen LogP contribution in [0.5, 0.6) is 5.88 Å². The van der Waals surface area contributed by atoms with Crippen LogP contribution in [0.1, 0.15) is 86.4 Å². The summed E-state index contributed by atoms with van der Waals surface area (Å²) in [6, 6.07) is 4.31. The third kappa shape index (κ3) is 4.77. The zero-order chi connectivity index (χ0) is 20.4. The average molecular weight is 396 g/mol. The highest BCUT2D eigenvalue weighted by molar-refractivity contribution is 5.29. The summed E-state index contributed by atoms with van der Waals surface area (Å²) in [6.07, 6.45) is 10.6. The lowest BCUT2D eigenvalue weighted by Gasteiger charge is -2.35. The van der Waals surface area contributed by atoms with Gasteiger partial charge in [-0.15, -0.1) is 0 Å². The minimum atomic E-state index is -0.492. The Balaban J connectivity index is 1.33. The zero-order valence-electron chi connectivity index (χ0n) is 17.9. The summed E-state index contributed by atoms with van der Waals surface area (Å²) < 4.78 is 6.17. The first-order valence-corrected chi connectivity index (χ1v) is 11.1. The van der Waals surface area contributed by atoms with Gasteiger partial charge in [0.2, 0.25) is 5.88 Å². The van der Waals surface area contributed by atoms with E-state index in [1.807, 2.05) is 19.3 Å². The molecule has 2 aliphatic rings. The standard InChI is InChI=1S/C24H33N3O2/c1-4-24(28)10-7-18(8-11-24)21-15-25-17(3)27-23(21)29-12-9-19-13-20(19)22-6-5-16(2)14-26-22/h5-6,14-15,18-20,28H,4,7-13H2,1-3H3. The van der Waals surface area contributed by atoms with E-state index in [1.165, 1.54) is 17.7 Å². The molecule has 2 fully saturated rings. The monoisotopic (exact) mass is 395 g/mol. The Morgan fingerprint density at radius 1 is 1.14 bits per heavy atom. The van der Waals surface area contributed by atoms with Crippen LogP contribution in [0, 0.1) is 19.8 Å². The Labute approximate surface area is 174 Å². The fourth-order valence-corrected chi connectivity index (χ4v) is 4.61. The van der Waals surface area contributed by atoms with Gasteiger partial charge < -0.3 is 9.84 Å². The molecule has 0 amide bonds. The van der Waals surface area contributed by atoms with Crippen molar-refractivity contribution in [3.63, 3.8) is 0 Å². The Kier molecular flexibility index (Phi) is 5.86. The largest absolute Gasteiger partial charge is 0.477 e. The molecule has 156 valence electrons. The van der Waals surface area contributed by atoms with E-state index in [0.717, 1.165) is 55.8 Å². The van der Waals surface area contributed by atoms with Crippen LogP contribution >= 0.6 is 0 Å². The number of aliphatic hydroxyl groups is 1. The van der Waals surface area contributed by atoms with Gasteiger partial charge in [0.15, 0.2) is 0 Å². The number of pyridine rings is 1. The maximum atomic E-state index is 10.5. The Bertz CT molecular complexity index is 829. The molecule has 2 atom stereocenters. The van der Waals surface area contributed by atoms with E-state index < -0.39 is 5.60 Å². The van der Waals surface area contributed by atoms with Crippen LogP contribution in [-0.2, 0) is 0 Å². The van der Waals surface area contributed by atoms with Gasteiger partial charge in [0.1, 0.15) is 5.82 Å². The first-order chi connectivity index (χ1) is 14.0. The minimum Gasteiger partial charge on any atom is -0.477 e. The molecule has 5 nitrogen and oxygen atoms in total. The van der Waals surface area contributed by atoms with E-state index in [-0.39, 0.29) is 0 Å². The van der Waals surface area contributed by atoms with Crippen LogP contribution < -0.4 is 4.74 Å². The second kappa shape index (κ2) is 8.39. The molecule has 29 heavy (non-hydrogen) atoms. The van der Waals surface area contributed by atoms with Gasteiger partial charge in [-0.2, -0.15) is 4.98 Å². The van der Waals surface area contributed by atoms with Gasteiger partial charge in [0, 0.05) is 29.6 Å². The summed E-state index contributed by atoms with van der Waals surface area (Å²) in [5.74, 6) is 3.11. The fraction of sp³-hybridized carbons (Fsp3) is 0.625. The third-order valence-electron chi connectivity index (χ3n) is 6.88. The Morgan fingerprint density at radius 3 is 2.62 bits per heavy atom. The van der Waals surface area contributed by atoms with E-state index in [2.05, 4.69) is 40.9 Å². The van der Waals surface area contributed by atoms with Crippen LogP contribution in [0.25, 0.3) is 0 Å². The van der Waals surface area contributed by atoms with Crippen LogP contribution in [0.15, 0.2) is 24.5 Å². The second-order valence-corrected chi connectivity index (χ2v) is 9.03. The van der Waals surface area contributed by atoms with Gasteiger partial charge in [-0.25, -0.2) is 4.98 Å². The molecule has 2 unspecified atom stereocenters. The van der Waals surface area contributed by atoms with Crippen LogP contribution in [-0.4, -0.2) is 32.3 Å². The van der Waals surface area contributed by atoms with Crippen LogP contribution in [0.4, 0.5) is 0 Å². The molecule has 5 heteroatoms. The summed E-state index contributed by atoms with van der Waals surface area (Å²) >= 11 is 0. The third-order valence-corrected chi connectivity index (χ3v) is 6.88. The number of ether oxygens (including phenoxy) is 1. The SMILES string of the molecule is CCC1(O)CCC(c2cnc(C)nc2OCCC2CC2c2ccc(C)cn2)CC1. The van der Waals surface area contributed by atoms with Crippen molar-refractivity contribution in [2.24, 2.45) is 5.92 Å². The summed E-state index contributed by atoms with van der Waals surface area (Å²) in [6.45, 7) is 6.74. The van der Waals surface area contributed by atoms with Crippen molar-refractivity contribution in [1.29, 1.82) is 0 Å². The first-order valence-electron chi connectivity index (χ1n) is 11.1. The molecular weight excluding hydrogens is 362 g/mol. The lowest BCUT2D eigenvalue weighted by molar-refractivity contribution is -0.00448. The first kappa shape index (κ1) is 20.3. The van der Waals surface area contributed by atoms with Gasteiger partial charge in [0.25, 0.3) is 0 Å². The number of nitrogens with zero attached hydrogens (tertiary/aromatic N) is 3. The Hall–Kier alpha value is -2.01. The van der Waals surface area contributed by atoms with E-state index in [1.54, 1.807) is 0 Å². The normalized spacial score (nSPS) is 28.9. The predicted molar refractivity (Wildman–Crippen MR) is 113 cm³/mol. The molecule has 2 aromatic rings. The van der Waals surface area contributed by atoms with Gasteiger partial charge >= 0.3 is 0 Å². The molecule has 4 rings (SSSR count). The van der Waals surface area contributed by atoms with E-state index in [4.69, 9.17) is 4.74 Å². The maximum absolute atomic E-state index is 10.5. The van der Waals surface area contributed by atoms with Gasteiger partial charge in [0.05, 0.1) is 12.2 Å². The van der Waals surface area contributed by atoms with Crippen molar-refractivity contribution < 1.29 is 9.84 Å². The molecule has 0 radical (unpaired) electrons. The predicted octanol–water partition coefficient (Wildman–Crippen LogP) is 4.86. The molecule has 0 aromatic carbocycles. The highest BCUT2D eigenvalue weighted by Crippen LogP contribution is 2.49. The minimum absolute atomic E-state index is 0.378. The van der Waals surface area contributed by atoms with Crippen molar-refractivity contribution >= 4 is 0 Å². The quantitative estimate of drug-likeness (QED) is 0.725. The lowest BCUT2D eigenvalue weighted by atomic mass is 9.75. The molecule has 0 saturated heterocycles. The van der Waals surface area contributed by atoms with Crippen molar-refractivity contribution in [3.8, 4) is 5.88 Å². The maximum Gasteiger partial charge on any atom is 0.220 e. The van der Waals surface area contributed by atoms with Crippen molar-refractivity contribution in [2.75, 3.05) is 6.61 Å². The zero-order valence-corrected chi connectivity index (χ0v) is 17.9. The highest BCUT2D eigenvalue weighted by atomic mass is 16.5. The van der Waals surface area contributed by atoms with Crippen molar-refractivity contribution in [1.82, 2.24) is 15.0 Å². The number of aromatic nitrogens is 3. The van der Waals surface area contributed by atoms with Crippen molar-refractivity contribution in [3.05, 3.63) is 47.2 Å². The summed E-state index contributed by atoms with van der Waals surface area (Å²) in [5, 5.41) is 10.5. The summed E-state index contributed by atoms with van der Waals surface area (Å²) in [4.78, 5) is 13.6. The van der Waals surface area contributed by atoms with E-state index in [9.17, 15) is 5.11 Å². The smallest absolute Gasteiger partial charge is 0.220 e. The van der Waals surface area contributed by atoms with Gasteiger partial charge in [-0.3, -0.25) is 4.98 Å².